The standard InChI is InChI=1S/C13H16ClF3N2/c14-11-6-8(13(15,16)17)4-5-12(11)19-10-3-1-2-9(18)7-10/h4-6,9-10,19H,1-3,7,18H2. The van der Waals surface area contributed by atoms with Gasteiger partial charge in [-0.05, 0) is 43.9 Å². The zero-order valence-corrected chi connectivity index (χ0v) is 11.1. The third kappa shape index (κ3) is 3.76. The highest BCUT2D eigenvalue weighted by Gasteiger charge is 2.31. The van der Waals surface area contributed by atoms with Gasteiger partial charge in [-0.1, -0.05) is 11.6 Å². The molecule has 1 aromatic carbocycles. The van der Waals surface area contributed by atoms with Crippen molar-refractivity contribution < 1.29 is 13.2 Å². The van der Waals surface area contributed by atoms with Gasteiger partial charge in [0.15, 0.2) is 0 Å². The van der Waals surface area contributed by atoms with Crippen LogP contribution in [0, 0.1) is 0 Å². The summed E-state index contributed by atoms with van der Waals surface area (Å²) in [6.07, 6.45) is -0.562. The SMILES string of the molecule is NC1CCCC(Nc2ccc(C(F)(F)F)cc2Cl)C1. The van der Waals surface area contributed by atoms with Gasteiger partial charge in [0, 0.05) is 12.1 Å². The van der Waals surface area contributed by atoms with Gasteiger partial charge in [-0.3, -0.25) is 0 Å². The summed E-state index contributed by atoms with van der Waals surface area (Å²) >= 11 is 5.90. The maximum atomic E-state index is 12.5. The second-order valence-corrected chi connectivity index (χ2v) is 5.37. The topological polar surface area (TPSA) is 38.0 Å². The molecule has 3 N–H and O–H groups in total. The smallest absolute Gasteiger partial charge is 0.381 e. The number of hydrogen-bond acceptors (Lipinski definition) is 2. The average molecular weight is 293 g/mol. The van der Waals surface area contributed by atoms with E-state index in [2.05, 4.69) is 5.32 Å². The van der Waals surface area contributed by atoms with Gasteiger partial charge in [0.2, 0.25) is 0 Å². The molecule has 0 amide bonds. The van der Waals surface area contributed by atoms with Gasteiger partial charge >= 0.3 is 6.18 Å². The molecule has 2 nitrogen and oxygen atoms in total. The molecule has 0 aromatic heterocycles. The van der Waals surface area contributed by atoms with Crippen LogP contribution in [0.5, 0.6) is 0 Å². The zero-order chi connectivity index (χ0) is 14.0. The second kappa shape index (κ2) is 5.59. The first-order chi connectivity index (χ1) is 8.86. The summed E-state index contributed by atoms with van der Waals surface area (Å²) in [4.78, 5) is 0. The summed E-state index contributed by atoms with van der Waals surface area (Å²) in [6.45, 7) is 0. The first kappa shape index (κ1) is 14.5. The van der Waals surface area contributed by atoms with Gasteiger partial charge in [-0.25, -0.2) is 0 Å². The van der Waals surface area contributed by atoms with Crippen molar-refractivity contribution in [2.24, 2.45) is 5.73 Å². The number of hydrogen-bond donors (Lipinski definition) is 2. The minimum Gasteiger partial charge on any atom is -0.381 e. The molecule has 0 aliphatic heterocycles. The Hall–Kier alpha value is -0.940. The zero-order valence-electron chi connectivity index (χ0n) is 10.3. The average Bonchev–Trinajstić information content (AvgIpc) is 2.30. The van der Waals surface area contributed by atoms with Crippen molar-refractivity contribution in [3.63, 3.8) is 0 Å². The molecule has 2 atom stereocenters. The molecular formula is C13H16ClF3N2. The highest BCUT2D eigenvalue weighted by Crippen LogP contribution is 2.34. The van der Waals surface area contributed by atoms with Gasteiger partial charge in [-0.15, -0.1) is 0 Å². The van der Waals surface area contributed by atoms with E-state index in [4.69, 9.17) is 17.3 Å². The lowest BCUT2D eigenvalue weighted by Crippen LogP contribution is -2.34. The first-order valence-electron chi connectivity index (χ1n) is 6.25. The van der Waals surface area contributed by atoms with Gasteiger partial charge in [0.1, 0.15) is 0 Å². The fourth-order valence-electron chi connectivity index (χ4n) is 2.39. The largest absolute Gasteiger partial charge is 0.416 e. The molecule has 1 aliphatic carbocycles. The van der Waals surface area contributed by atoms with E-state index in [0.29, 0.717) is 5.69 Å². The van der Waals surface area contributed by atoms with Gasteiger partial charge in [-0.2, -0.15) is 13.2 Å². The van der Waals surface area contributed by atoms with Crippen LogP contribution in [-0.2, 0) is 6.18 Å². The van der Waals surface area contributed by atoms with E-state index in [1.807, 2.05) is 0 Å². The summed E-state index contributed by atoms with van der Waals surface area (Å²) in [5.74, 6) is 0. The fourth-order valence-corrected chi connectivity index (χ4v) is 2.62. The number of alkyl halides is 3. The lowest BCUT2D eigenvalue weighted by Gasteiger charge is -2.28. The molecule has 0 radical (unpaired) electrons. The monoisotopic (exact) mass is 292 g/mol. The summed E-state index contributed by atoms with van der Waals surface area (Å²) in [6, 6.07) is 3.70. The minimum atomic E-state index is -4.37. The van der Waals surface area contributed by atoms with Crippen molar-refractivity contribution in [2.75, 3.05) is 5.32 Å². The normalized spacial score (nSPS) is 24.3. The summed E-state index contributed by atoms with van der Waals surface area (Å²) < 4.78 is 37.5. The van der Waals surface area contributed by atoms with Crippen LogP contribution in [-0.4, -0.2) is 12.1 Å². The van der Waals surface area contributed by atoms with Crippen LogP contribution in [0.15, 0.2) is 18.2 Å². The molecule has 19 heavy (non-hydrogen) atoms. The van der Waals surface area contributed by atoms with Crippen molar-refractivity contribution in [3.05, 3.63) is 28.8 Å². The van der Waals surface area contributed by atoms with E-state index in [1.165, 1.54) is 6.07 Å². The van der Waals surface area contributed by atoms with E-state index in [1.54, 1.807) is 0 Å². The summed E-state index contributed by atoms with van der Waals surface area (Å²) in [7, 11) is 0. The van der Waals surface area contributed by atoms with E-state index in [-0.39, 0.29) is 17.1 Å². The van der Waals surface area contributed by atoms with Crippen LogP contribution >= 0.6 is 11.6 Å². The molecule has 0 heterocycles. The van der Waals surface area contributed by atoms with Crippen LogP contribution in [0.25, 0.3) is 0 Å². The van der Waals surface area contributed by atoms with Crippen LogP contribution in [0.2, 0.25) is 5.02 Å². The molecule has 0 bridgehead atoms. The van der Waals surface area contributed by atoms with Crippen molar-refractivity contribution in [1.29, 1.82) is 0 Å². The number of benzene rings is 1. The minimum absolute atomic E-state index is 0.0916. The Morgan fingerprint density at radius 1 is 1.26 bits per heavy atom. The predicted molar refractivity (Wildman–Crippen MR) is 70.3 cm³/mol. The molecular weight excluding hydrogens is 277 g/mol. The maximum Gasteiger partial charge on any atom is 0.416 e. The van der Waals surface area contributed by atoms with E-state index in [0.717, 1.165) is 37.8 Å². The Kier molecular flexibility index (Phi) is 4.26. The Morgan fingerprint density at radius 2 is 2.00 bits per heavy atom. The van der Waals surface area contributed by atoms with E-state index < -0.39 is 11.7 Å². The number of nitrogens with one attached hydrogen (secondary N) is 1. The Balaban J connectivity index is 2.09. The van der Waals surface area contributed by atoms with Crippen molar-refractivity contribution in [1.82, 2.24) is 0 Å². The molecule has 2 rings (SSSR count). The van der Waals surface area contributed by atoms with Crippen molar-refractivity contribution >= 4 is 17.3 Å². The number of rotatable bonds is 2. The van der Waals surface area contributed by atoms with Crippen LogP contribution in [0.4, 0.5) is 18.9 Å². The van der Waals surface area contributed by atoms with Gasteiger partial charge in [0.25, 0.3) is 0 Å². The molecule has 0 saturated heterocycles. The summed E-state index contributed by atoms with van der Waals surface area (Å²) in [5.41, 5.74) is 5.68. The van der Waals surface area contributed by atoms with Crippen LogP contribution in [0.3, 0.4) is 0 Å². The van der Waals surface area contributed by atoms with E-state index in [9.17, 15) is 13.2 Å². The quantitative estimate of drug-likeness (QED) is 0.863. The molecule has 6 heteroatoms. The third-order valence-electron chi connectivity index (χ3n) is 3.37. The Labute approximate surface area is 115 Å². The molecule has 1 aliphatic rings. The molecule has 1 fully saturated rings. The highest BCUT2D eigenvalue weighted by molar-refractivity contribution is 6.33. The van der Waals surface area contributed by atoms with Crippen LogP contribution in [0.1, 0.15) is 31.2 Å². The van der Waals surface area contributed by atoms with Crippen LogP contribution < -0.4 is 11.1 Å². The van der Waals surface area contributed by atoms with Gasteiger partial charge in [0.05, 0.1) is 16.3 Å². The lowest BCUT2D eigenvalue weighted by atomic mass is 9.91. The van der Waals surface area contributed by atoms with Crippen molar-refractivity contribution in [2.45, 2.75) is 43.9 Å². The molecule has 1 aromatic rings. The van der Waals surface area contributed by atoms with E-state index >= 15 is 0 Å². The third-order valence-corrected chi connectivity index (χ3v) is 3.68. The Bertz CT molecular complexity index is 448. The maximum absolute atomic E-state index is 12.5. The lowest BCUT2D eigenvalue weighted by molar-refractivity contribution is -0.137. The molecule has 1 saturated carbocycles. The highest BCUT2D eigenvalue weighted by atomic mass is 35.5. The van der Waals surface area contributed by atoms with Crippen molar-refractivity contribution in [3.8, 4) is 0 Å². The molecule has 2 unspecified atom stereocenters. The molecule has 106 valence electrons. The number of halogens is 4. The second-order valence-electron chi connectivity index (χ2n) is 4.96. The number of anilines is 1. The summed E-state index contributed by atoms with van der Waals surface area (Å²) in [5, 5.41) is 3.27. The Morgan fingerprint density at radius 3 is 2.58 bits per heavy atom. The van der Waals surface area contributed by atoms with Gasteiger partial charge < -0.3 is 11.1 Å². The number of nitrogens with two attached hydrogens (primary N) is 1. The predicted octanol–water partition coefficient (Wildman–Crippen LogP) is 4.04. The first-order valence-corrected chi connectivity index (χ1v) is 6.63. The fraction of sp³-hybridized carbons (Fsp3) is 0.538. The molecule has 0 spiro atoms.